The lowest BCUT2D eigenvalue weighted by atomic mass is 9.92. The molecule has 1 spiro atoms. The molecule has 0 unspecified atom stereocenters. The molecule has 0 atom stereocenters. The second kappa shape index (κ2) is 5.53. The maximum Gasteiger partial charge on any atom is 0.509 e. The SMILES string of the molecule is Cc1nc(C(C)C)sc1C(=O)N1CCC2(CC1)COC(=O)O2. The van der Waals surface area contributed by atoms with E-state index in [1.54, 1.807) is 0 Å². The van der Waals surface area contributed by atoms with Crippen molar-refractivity contribution in [3.05, 3.63) is 15.6 Å². The molecule has 0 N–H and O–H groups in total. The smallest absolute Gasteiger partial charge is 0.430 e. The van der Waals surface area contributed by atoms with Crippen molar-refractivity contribution in [3.8, 4) is 0 Å². The number of aryl methyl sites for hydroxylation is 1. The summed E-state index contributed by atoms with van der Waals surface area (Å²) in [5, 5.41) is 0.993. The van der Waals surface area contributed by atoms with Crippen LogP contribution in [-0.4, -0.2) is 47.2 Å². The number of piperidine rings is 1. The fourth-order valence-electron chi connectivity index (χ4n) is 2.80. The van der Waals surface area contributed by atoms with Crippen LogP contribution >= 0.6 is 11.3 Å². The van der Waals surface area contributed by atoms with Crippen molar-refractivity contribution in [2.75, 3.05) is 19.7 Å². The van der Waals surface area contributed by atoms with Crippen LogP contribution in [0, 0.1) is 6.92 Å². The molecule has 0 radical (unpaired) electrons. The molecule has 0 aromatic carbocycles. The molecule has 1 aromatic heterocycles. The summed E-state index contributed by atoms with van der Waals surface area (Å²) >= 11 is 1.48. The lowest BCUT2D eigenvalue weighted by Gasteiger charge is -2.36. The number of carbonyl (C=O) groups is 2. The Morgan fingerprint density at radius 1 is 1.36 bits per heavy atom. The number of amides is 1. The van der Waals surface area contributed by atoms with E-state index >= 15 is 0 Å². The Balaban J connectivity index is 1.68. The third kappa shape index (κ3) is 2.69. The molecular formula is C15H20N2O4S. The van der Waals surface area contributed by atoms with Crippen molar-refractivity contribution in [3.63, 3.8) is 0 Å². The molecule has 2 fully saturated rings. The van der Waals surface area contributed by atoms with Crippen LogP contribution in [0.5, 0.6) is 0 Å². The van der Waals surface area contributed by atoms with Gasteiger partial charge in [-0.2, -0.15) is 0 Å². The van der Waals surface area contributed by atoms with Crippen LogP contribution in [0.3, 0.4) is 0 Å². The van der Waals surface area contributed by atoms with Gasteiger partial charge in [-0.15, -0.1) is 11.3 Å². The first kappa shape index (κ1) is 15.3. The predicted octanol–water partition coefficient (Wildman–Crippen LogP) is 2.72. The number of cyclic esters (lactones) is 1. The zero-order valence-corrected chi connectivity index (χ0v) is 13.9. The molecule has 120 valence electrons. The first-order valence-electron chi connectivity index (χ1n) is 7.52. The van der Waals surface area contributed by atoms with Crippen molar-refractivity contribution in [2.24, 2.45) is 0 Å². The minimum atomic E-state index is -0.598. The lowest BCUT2D eigenvalue weighted by molar-refractivity contribution is 0.00294. The van der Waals surface area contributed by atoms with E-state index in [0.29, 0.717) is 38.5 Å². The molecule has 0 saturated carbocycles. The summed E-state index contributed by atoms with van der Waals surface area (Å²) in [5.41, 5.74) is 0.272. The van der Waals surface area contributed by atoms with Crippen molar-refractivity contribution < 1.29 is 19.1 Å². The van der Waals surface area contributed by atoms with E-state index in [2.05, 4.69) is 18.8 Å². The average Bonchev–Trinajstić information content (AvgIpc) is 3.03. The van der Waals surface area contributed by atoms with E-state index in [1.807, 2.05) is 11.8 Å². The molecule has 0 aliphatic carbocycles. The molecule has 0 bridgehead atoms. The van der Waals surface area contributed by atoms with Crippen LogP contribution in [0.25, 0.3) is 0 Å². The van der Waals surface area contributed by atoms with Gasteiger partial charge in [-0.05, 0) is 6.92 Å². The van der Waals surface area contributed by atoms with Gasteiger partial charge >= 0.3 is 6.16 Å². The molecule has 7 heteroatoms. The number of thiazole rings is 1. The van der Waals surface area contributed by atoms with E-state index in [4.69, 9.17) is 9.47 Å². The Bertz CT molecular complexity index is 603. The van der Waals surface area contributed by atoms with Crippen molar-refractivity contribution >= 4 is 23.4 Å². The van der Waals surface area contributed by atoms with Crippen LogP contribution in [-0.2, 0) is 9.47 Å². The highest BCUT2D eigenvalue weighted by Crippen LogP contribution is 2.33. The monoisotopic (exact) mass is 324 g/mol. The predicted molar refractivity (Wildman–Crippen MR) is 81.2 cm³/mol. The van der Waals surface area contributed by atoms with E-state index in [9.17, 15) is 9.59 Å². The summed E-state index contributed by atoms with van der Waals surface area (Å²) in [7, 11) is 0. The Kier molecular flexibility index (Phi) is 3.84. The summed E-state index contributed by atoms with van der Waals surface area (Å²) in [5.74, 6) is 0.354. The molecule has 22 heavy (non-hydrogen) atoms. The number of likely N-dealkylation sites (tertiary alicyclic amines) is 1. The summed E-state index contributed by atoms with van der Waals surface area (Å²) < 4.78 is 10.2. The number of nitrogens with zero attached hydrogens (tertiary/aromatic N) is 2. The van der Waals surface area contributed by atoms with Gasteiger partial charge in [0.05, 0.1) is 10.7 Å². The molecule has 1 amide bonds. The molecule has 3 rings (SSSR count). The first-order chi connectivity index (χ1) is 10.4. The second-order valence-electron chi connectivity index (χ2n) is 6.24. The first-order valence-corrected chi connectivity index (χ1v) is 8.34. The van der Waals surface area contributed by atoms with Crippen LogP contribution in [0.4, 0.5) is 4.79 Å². The van der Waals surface area contributed by atoms with E-state index in [1.165, 1.54) is 11.3 Å². The average molecular weight is 324 g/mol. The number of hydrogen-bond donors (Lipinski definition) is 0. The summed E-state index contributed by atoms with van der Waals surface area (Å²) in [6, 6.07) is 0. The minimum absolute atomic E-state index is 0.0296. The third-order valence-electron chi connectivity index (χ3n) is 4.22. The van der Waals surface area contributed by atoms with Gasteiger partial charge in [0.1, 0.15) is 11.5 Å². The van der Waals surface area contributed by atoms with Gasteiger partial charge in [-0.25, -0.2) is 9.78 Å². The highest BCUT2D eigenvalue weighted by molar-refractivity contribution is 7.13. The van der Waals surface area contributed by atoms with Crippen LogP contribution in [0.15, 0.2) is 0 Å². The number of rotatable bonds is 2. The van der Waals surface area contributed by atoms with E-state index in [0.717, 1.165) is 15.6 Å². The molecule has 2 aliphatic heterocycles. The van der Waals surface area contributed by atoms with Gasteiger partial charge in [0.25, 0.3) is 5.91 Å². The van der Waals surface area contributed by atoms with Crippen LogP contribution in [0.1, 0.15) is 53.0 Å². The fourth-order valence-corrected chi connectivity index (χ4v) is 3.83. The van der Waals surface area contributed by atoms with Gasteiger partial charge < -0.3 is 14.4 Å². The fraction of sp³-hybridized carbons (Fsp3) is 0.667. The van der Waals surface area contributed by atoms with E-state index in [-0.39, 0.29) is 5.91 Å². The topological polar surface area (TPSA) is 68.7 Å². The Morgan fingerprint density at radius 3 is 2.55 bits per heavy atom. The molecule has 6 nitrogen and oxygen atoms in total. The zero-order chi connectivity index (χ0) is 15.9. The Morgan fingerprint density at radius 2 is 2.05 bits per heavy atom. The largest absolute Gasteiger partial charge is 0.509 e. The summed E-state index contributed by atoms with van der Waals surface area (Å²) in [6.07, 6.45) is 0.651. The van der Waals surface area contributed by atoms with Crippen molar-refractivity contribution in [1.82, 2.24) is 9.88 Å². The standard InChI is InChI=1S/C15H20N2O4S/c1-9(2)12-16-10(3)11(22-12)13(18)17-6-4-15(5-7-17)8-20-14(19)21-15/h9H,4-8H2,1-3H3. The molecule has 1 aromatic rings. The van der Waals surface area contributed by atoms with Crippen LogP contribution < -0.4 is 0 Å². The summed E-state index contributed by atoms with van der Waals surface area (Å²) in [6.45, 7) is 7.48. The quantitative estimate of drug-likeness (QED) is 0.782. The van der Waals surface area contributed by atoms with E-state index < -0.39 is 11.8 Å². The number of hydrogen-bond acceptors (Lipinski definition) is 6. The maximum atomic E-state index is 12.7. The van der Waals surface area contributed by atoms with Crippen LogP contribution in [0.2, 0.25) is 0 Å². The van der Waals surface area contributed by atoms with Crippen molar-refractivity contribution in [2.45, 2.75) is 45.1 Å². The van der Waals surface area contributed by atoms with Gasteiger partial charge in [0.15, 0.2) is 5.60 Å². The highest BCUT2D eigenvalue weighted by atomic mass is 32.1. The van der Waals surface area contributed by atoms with Crippen molar-refractivity contribution in [1.29, 1.82) is 0 Å². The van der Waals surface area contributed by atoms with Gasteiger partial charge in [0, 0.05) is 31.8 Å². The normalized spacial score (nSPS) is 20.4. The molecule has 2 aliphatic rings. The number of aromatic nitrogens is 1. The Labute approximate surface area is 133 Å². The number of carbonyl (C=O) groups excluding carboxylic acids is 2. The maximum absolute atomic E-state index is 12.7. The minimum Gasteiger partial charge on any atom is -0.430 e. The van der Waals surface area contributed by atoms with Gasteiger partial charge in [0.2, 0.25) is 0 Å². The van der Waals surface area contributed by atoms with Gasteiger partial charge in [-0.1, -0.05) is 13.8 Å². The number of ether oxygens (including phenoxy) is 2. The molecule has 3 heterocycles. The zero-order valence-electron chi connectivity index (χ0n) is 13.0. The summed E-state index contributed by atoms with van der Waals surface area (Å²) in [4.78, 5) is 30.8. The highest BCUT2D eigenvalue weighted by Gasteiger charge is 2.45. The third-order valence-corrected chi connectivity index (χ3v) is 5.66. The molecule has 2 saturated heterocycles. The molecular weight excluding hydrogens is 304 g/mol. The Hall–Kier alpha value is -1.63. The lowest BCUT2D eigenvalue weighted by Crippen LogP contribution is -2.48. The van der Waals surface area contributed by atoms with Gasteiger partial charge in [-0.3, -0.25) is 4.79 Å². The second-order valence-corrected chi connectivity index (χ2v) is 7.27.